The van der Waals surface area contributed by atoms with Gasteiger partial charge in [0.15, 0.2) is 0 Å². The first-order valence-corrected chi connectivity index (χ1v) is 12.1. The summed E-state index contributed by atoms with van der Waals surface area (Å²) in [7, 11) is -4.49. The molecule has 2 aromatic rings. The Kier molecular flexibility index (Phi) is 6.33. The van der Waals surface area contributed by atoms with Gasteiger partial charge in [-0.15, -0.1) is 0 Å². The van der Waals surface area contributed by atoms with Crippen molar-refractivity contribution in [2.75, 3.05) is 13.2 Å². The summed E-state index contributed by atoms with van der Waals surface area (Å²) in [5, 5.41) is 0. The molecule has 0 aliphatic heterocycles. The molecule has 4 N–H and O–H groups in total. The predicted octanol–water partition coefficient (Wildman–Crippen LogP) is 3.94. The van der Waals surface area contributed by atoms with Crippen molar-refractivity contribution in [1.82, 2.24) is 0 Å². The first-order chi connectivity index (χ1) is 14.3. The molecule has 30 heavy (non-hydrogen) atoms. The molecule has 0 aromatic heterocycles. The van der Waals surface area contributed by atoms with Gasteiger partial charge in [0.2, 0.25) is 0 Å². The third kappa shape index (κ3) is 5.51. The van der Waals surface area contributed by atoms with E-state index in [0.29, 0.717) is 24.7 Å². The molecule has 0 saturated heterocycles. The van der Waals surface area contributed by atoms with Crippen molar-refractivity contribution < 1.29 is 23.6 Å². The van der Waals surface area contributed by atoms with Crippen molar-refractivity contribution in [2.45, 2.75) is 50.0 Å². The average molecular weight is 431 g/mol. The fraction of sp³-hybridized carbons (Fsp3) is 0.478. The van der Waals surface area contributed by atoms with E-state index in [1.165, 1.54) is 16.7 Å². The van der Waals surface area contributed by atoms with E-state index in [4.69, 9.17) is 20.3 Å². The van der Waals surface area contributed by atoms with Crippen molar-refractivity contribution in [3.8, 4) is 5.75 Å². The molecule has 2 aliphatic rings. The summed E-state index contributed by atoms with van der Waals surface area (Å²) in [5.41, 5.74) is 9.75. The van der Waals surface area contributed by atoms with E-state index < -0.39 is 13.4 Å². The van der Waals surface area contributed by atoms with Gasteiger partial charge >= 0.3 is 7.82 Å². The van der Waals surface area contributed by atoms with Gasteiger partial charge in [0.25, 0.3) is 0 Å². The summed E-state index contributed by atoms with van der Waals surface area (Å²) in [6.07, 6.45) is 5.49. The van der Waals surface area contributed by atoms with Crippen LogP contribution in [0.1, 0.15) is 48.3 Å². The van der Waals surface area contributed by atoms with Crippen molar-refractivity contribution in [1.29, 1.82) is 0 Å². The van der Waals surface area contributed by atoms with Crippen LogP contribution in [0.4, 0.5) is 0 Å². The number of hydrogen-bond acceptors (Lipinski definition) is 4. The van der Waals surface area contributed by atoms with Gasteiger partial charge < -0.3 is 20.3 Å². The lowest BCUT2D eigenvalue weighted by Crippen LogP contribution is -2.41. The summed E-state index contributed by atoms with van der Waals surface area (Å²) >= 11 is 0. The third-order valence-electron chi connectivity index (χ3n) is 6.42. The third-order valence-corrected chi connectivity index (χ3v) is 6.89. The van der Waals surface area contributed by atoms with Crippen LogP contribution >= 0.6 is 7.82 Å². The normalized spacial score (nSPS) is 26.4. The number of para-hydroxylation sites is 1. The summed E-state index contributed by atoms with van der Waals surface area (Å²) in [6.45, 7) is 0.630. The highest BCUT2D eigenvalue weighted by molar-refractivity contribution is 7.46. The van der Waals surface area contributed by atoms with Gasteiger partial charge in [0.05, 0.1) is 13.2 Å². The zero-order valence-corrected chi connectivity index (χ0v) is 18.0. The molecule has 0 bridgehead atoms. The smallest absolute Gasteiger partial charge is 0.469 e. The summed E-state index contributed by atoms with van der Waals surface area (Å²) in [6, 6.07) is 16.7. The van der Waals surface area contributed by atoms with E-state index in [9.17, 15) is 4.57 Å². The molecule has 3 atom stereocenters. The molecule has 1 saturated carbocycles. The molecular weight excluding hydrogens is 401 g/mol. The minimum Gasteiger partial charge on any atom is -0.493 e. The minimum absolute atomic E-state index is 0.109. The second-order valence-corrected chi connectivity index (χ2v) is 10.1. The van der Waals surface area contributed by atoms with Crippen LogP contribution in [-0.4, -0.2) is 28.5 Å². The van der Waals surface area contributed by atoms with Crippen LogP contribution in [0.5, 0.6) is 5.75 Å². The SMILES string of the molecule is N[C@]1(COP(=O)(O)O)CC[C@H](c2ccc3c(c2)CC[C@H](COc2ccccc2)C3)C1. The van der Waals surface area contributed by atoms with Crippen molar-refractivity contribution >= 4 is 7.82 Å². The molecule has 1 fully saturated rings. The lowest BCUT2D eigenvalue weighted by molar-refractivity contribution is 0.153. The number of phosphoric ester groups is 1. The quantitative estimate of drug-likeness (QED) is 0.574. The number of benzene rings is 2. The van der Waals surface area contributed by atoms with Crippen LogP contribution in [-0.2, 0) is 21.9 Å². The Bertz CT molecular complexity index is 915. The van der Waals surface area contributed by atoms with Crippen molar-refractivity contribution in [3.63, 3.8) is 0 Å². The Labute approximate surface area is 177 Å². The van der Waals surface area contributed by atoms with Crippen LogP contribution in [0.15, 0.2) is 48.5 Å². The Hall–Kier alpha value is -1.69. The van der Waals surface area contributed by atoms with E-state index >= 15 is 0 Å². The predicted molar refractivity (Wildman–Crippen MR) is 115 cm³/mol. The maximum absolute atomic E-state index is 11.0. The van der Waals surface area contributed by atoms with Crippen molar-refractivity contribution in [2.24, 2.45) is 11.7 Å². The van der Waals surface area contributed by atoms with Crippen LogP contribution in [0.25, 0.3) is 0 Å². The van der Waals surface area contributed by atoms with Crippen LogP contribution in [0.3, 0.4) is 0 Å². The van der Waals surface area contributed by atoms with Gasteiger partial charge in [-0.3, -0.25) is 4.52 Å². The number of phosphoric acid groups is 1. The first-order valence-electron chi connectivity index (χ1n) is 10.6. The second-order valence-electron chi connectivity index (χ2n) is 8.83. The number of nitrogens with two attached hydrogens (primary N) is 1. The number of ether oxygens (including phenoxy) is 1. The van der Waals surface area contributed by atoms with E-state index in [-0.39, 0.29) is 6.61 Å². The molecule has 2 aliphatic carbocycles. The van der Waals surface area contributed by atoms with E-state index in [0.717, 1.165) is 38.0 Å². The Morgan fingerprint density at radius 2 is 1.90 bits per heavy atom. The molecule has 2 aromatic carbocycles. The highest BCUT2D eigenvalue weighted by Gasteiger charge is 2.38. The van der Waals surface area contributed by atoms with Crippen LogP contribution < -0.4 is 10.5 Å². The molecule has 0 amide bonds. The lowest BCUT2D eigenvalue weighted by atomic mass is 9.82. The largest absolute Gasteiger partial charge is 0.493 e. The number of fused-ring (bicyclic) bond motifs is 1. The van der Waals surface area contributed by atoms with E-state index in [1.54, 1.807) is 0 Å². The number of rotatable bonds is 7. The molecule has 0 unspecified atom stereocenters. The fourth-order valence-electron chi connectivity index (χ4n) is 4.76. The van der Waals surface area contributed by atoms with Gasteiger partial charge in [-0.2, -0.15) is 0 Å². The average Bonchev–Trinajstić information content (AvgIpc) is 3.13. The monoisotopic (exact) mass is 431 g/mol. The number of hydrogen-bond donors (Lipinski definition) is 3. The lowest BCUT2D eigenvalue weighted by Gasteiger charge is -2.26. The van der Waals surface area contributed by atoms with Crippen molar-refractivity contribution in [3.05, 3.63) is 65.2 Å². The highest BCUT2D eigenvalue weighted by atomic mass is 31.2. The molecule has 4 rings (SSSR count). The molecule has 6 nitrogen and oxygen atoms in total. The molecule has 7 heteroatoms. The van der Waals surface area contributed by atoms with Gasteiger partial charge in [0.1, 0.15) is 5.75 Å². The molecule has 0 radical (unpaired) electrons. The second kappa shape index (κ2) is 8.81. The molecule has 0 heterocycles. The van der Waals surface area contributed by atoms with Gasteiger partial charge in [0, 0.05) is 5.54 Å². The molecule has 162 valence electrons. The summed E-state index contributed by atoms with van der Waals surface area (Å²) in [5.74, 6) is 1.75. The minimum atomic E-state index is -4.49. The standard InChI is InChI=1S/C23H30NO5P/c24-23(16-29-30(25,26)27)11-10-21(14-23)20-9-8-18-12-17(6-7-19(18)13-20)15-28-22-4-2-1-3-5-22/h1-5,8-9,13,17,21H,6-7,10-12,14-16,24H2,(H2,25,26,27)/t17-,21-,23+/m0/s1. The van der Waals surface area contributed by atoms with E-state index in [1.807, 2.05) is 30.3 Å². The Balaban J connectivity index is 1.34. The highest BCUT2D eigenvalue weighted by Crippen LogP contribution is 2.44. The van der Waals surface area contributed by atoms with Gasteiger partial charge in [-0.05, 0) is 79.2 Å². The van der Waals surface area contributed by atoms with Crippen LogP contribution in [0.2, 0.25) is 0 Å². The summed E-state index contributed by atoms with van der Waals surface area (Å²) in [4.78, 5) is 17.9. The molecule has 0 spiro atoms. The fourth-order valence-corrected chi connectivity index (χ4v) is 5.19. The Morgan fingerprint density at radius 1 is 1.10 bits per heavy atom. The Morgan fingerprint density at radius 3 is 2.67 bits per heavy atom. The first kappa shape index (κ1) is 21.5. The molecular formula is C23H30NO5P. The summed E-state index contributed by atoms with van der Waals surface area (Å²) < 4.78 is 21.6. The zero-order chi connectivity index (χ0) is 21.2. The number of aryl methyl sites for hydroxylation is 1. The topological polar surface area (TPSA) is 102 Å². The zero-order valence-electron chi connectivity index (χ0n) is 17.1. The van der Waals surface area contributed by atoms with Crippen LogP contribution in [0, 0.1) is 5.92 Å². The maximum atomic E-state index is 11.0. The van der Waals surface area contributed by atoms with Gasteiger partial charge in [-0.1, -0.05) is 36.4 Å². The van der Waals surface area contributed by atoms with E-state index in [2.05, 4.69) is 22.7 Å². The maximum Gasteiger partial charge on any atom is 0.469 e. The van der Waals surface area contributed by atoms with Gasteiger partial charge in [-0.25, -0.2) is 4.57 Å².